The molecule has 0 bridgehead atoms. The first-order valence-electron chi connectivity index (χ1n) is 7.35. The van der Waals surface area contributed by atoms with Crippen molar-refractivity contribution in [2.75, 3.05) is 18.0 Å². The second-order valence-corrected chi connectivity index (χ2v) is 5.28. The molecule has 1 saturated heterocycles. The molecule has 1 aliphatic rings. The maximum atomic E-state index is 11.9. The highest BCUT2D eigenvalue weighted by atomic mass is 16.1. The Hall–Kier alpha value is -2.36. The van der Waals surface area contributed by atoms with Crippen molar-refractivity contribution in [2.45, 2.75) is 19.4 Å². The molecule has 1 aromatic carbocycles. The van der Waals surface area contributed by atoms with Crippen LogP contribution in [0.25, 0.3) is 0 Å². The van der Waals surface area contributed by atoms with Crippen molar-refractivity contribution in [3.8, 4) is 0 Å². The maximum absolute atomic E-state index is 11.9. The Morgan fingerprint density at radius 2 is 1.71 bits per heavy atom. The first-order chi connectivity index (χ1) is 10.3. The lowest BCUT2D eigenvalue weighted by atomic mass is 10.2. The fourth-order valence-corrected chi connectivity index (χ4v) is 2.59. The van der Waals surface area contributed by atoms with Gasteiger partial charge in [0.1, 0.15) is 0 Å². The molecule has 1 amide bonds. The smallest absolute Gasteiger partial charge is 0.251 e. The van der Waals surface area contributed by atoms with Crippen LogP contribution in [0, 0.1) is 0 Å². The van der Waals surface area contributed by atoms with Gasteiger partial charge in [-0.15, -0.1) is 0 Å². The van der Waals surface area contributed by atoms with Crippen LogP contribution in [0.5, 0.6) is 0 Å². The van der Waals surface area contributed by atoms with Crippen LogP contribution in [-0.4, -0.2) is 24.0 Å². The summed E-state index contributed by atoms with van der Waals surface area (Å²) < 4.78 is 0. The number of hydrogen-bond acceptors (Lipinski definition) is 3. The lowest BCUT2D eigenvalue weighted by molar-refractivity contribution is 0.0951. The summed E-state index contributed by atoms with van der Waals surface area (Å²) >= 11 is 0. The van der Waals surface area contributed by atoms with Crippen LogP contribution >= 0.6 is 0 Å². The SMILES string of the molecule is O=C(NCc1ccc(N2CCCC2)cc1)c1ccncc1. The number of anilines is 1. The van der Waals surface area contributed by atoms with Crippen LogP contribution in [-0.2, 0) is 6.54 Å². The lowest BCUT2D eigenvalue weighted by Crippen LogP contribution is -2.23. The highest BCUT2D eigenvalue weighted by Gasteiger charge is 2.11. The Morgan fingerprint density at radius 3 is 2.38 bits per heavy atom. The van der Waals surface area contributed by atoms with Gasteiger partial charge in [0.25, 0.3) is 5.91 Å². The molecule has 4 heteroatoms. The molecule has 21 heavy (non-hydrogen) atoms. The average Bonchev–Trinajstić information content (AvgIpc) is 3.08. The monoisotopic (exact) mass is 281 g/mol. The molecule has 0 saturated carbocycles. The number of nitrogens with zero attached hydrogens (tertiary/aromatic N) is 2. The second-order valence-electron chi connectivity index (χ2n) is 5.28. The van der Waals surface area contributed by atoms with E-state index in [-0.39, 0.29) is 5.91 Å². The van der Waals surface area contributed by atoms with Gasteiger partial charge in [0.15, 0.2) is 0 Å². The van der Waals surface area contributed by atoms with Crippen LogP contribution in [0.15, 0.2) is 48.8 Å². The van der Waals surface area contributed by atoms with E-state index in [1.54, 1.807) is 24.5 Å². The number of amides is 1. The van der Waals surface area contributed by atoms with Gasteiger partial charge in [0.05, 0.1) is 0 Å². The van der Waals surface area contributed by atoms with Gasteiger partial charge in [-0.05, 0) is 42.7 Å². The van der Waals surface area contributed by atoms with Crippen LogP contribution in [0.3, 0.4) is 0 Å². The second kappa shape index (κ2) is 6.39. The largest absolute Gasteiger partial charge is 0.372 e. The molecule has 0 radical (unpaired) electrons. The van der Waals surface area contributed by atoms with E-state index in [1.165, 1.54) is 18.5 Å². The van der Waals surface area contributed by atoms with Crippen molar-refractivity contribution in [2.24, 2.45) is 0 Å². The number of nitrogens with one attached hydrogen (secondary N) is 1. The molecule has 0 spiro atoms. The van der Waals surface area contributed by atoms with E-state index in [1.807, 2.05) is 0 Å². The molecule has 1 aromatic heterocycles. The van der Waals surface area contributed by atoms with Gasteiger partial charge >= 0.3 is 0 Å². The number of pyridine rings is 1. The highest BCUT2D eigenvalue weighted by molar-refractivity contribution is 5.93. The number of aromatic nitrogens is 1. The molecule has 0 aliphatic carbocycles. The van der Waals surface area contributed by atoms with Crippen molar-refractivity contribution < 1.29 is 4.79 Å². The van der Waals surface area contributed by atoms with E-state index in [0.717, 1.165) is 18.7 Å². The van der Waals surface area contributed by atoms with E-state index in [2.05, 4.69) is 39.5 Å². The summed E-state index contributed by atoms with van der Waals surface area (Å²) in [6.45, 7) is 2.84. The normalized spacial score (nSPS) is 14.2. The van der Waals surface area contributed by atoms with Gasteiger partial charge in [-0.2, -0.15) is 0 Å². The van der Waals surface area contributed by atoms with Gasteiger partial charge in [0, 0.05) is 43.3 Å². The number of carbonyl (C=O) groups excluding carboxylic acids is 1. The van der Waals surface area contributed by atoms with E-state index >= 15 is 0 Å². The predicted molar refractivity (Wildman–Crippen MR) is 83.3 cm³/mol. The standard InChI is InChI=1S/C17H19N3O/c21-17(15-7-9-18-10-8-15)19-13-14-3-5-16(6-4-14)20-11-1-2-12-20/h3-10H,1-2,11-13H2,(H,19,21). The Balaban J connectivity index is 1.57. The van der Waals surface area contributed by atoms with E-state index in [4.69, 9.17) is 0 Å². The summed E-state index contributed by atoms with van der Waals surface area (Å²) in [6, 6.07) is 11.9. The van der Waals surface area contributed by atoms with Crippen LogP contribution in [0.4, 0.5) is 5.69 Å². The average molecular weight is 281 g/mol. The van der Waals surface area contributed by atoms with Gasteiger partial charge < -0.3 is 10.2 Å². The molecule has 108 valence electrons. The van der Waals surface area contributed by atoms with Gasteiger partial charge in [-0.25, -0.2) is 0 Å². The van der Waals surface area contributed by atoms with Crippen LogP contribution in [0.1, 0.15) is 28.8 Å². The van der Waals surface area contributed by atoms with Gasteiger partial charge in [-0.3, -0.25) is 9.78 Å². The highest BCUT2D eigenvalue weighted by Crippen LogP contribution is 2.20. The third-order valence-electron chi connectivity index (χ3n) is 3.80. The zero-order chi connectivity index (χ0) is 14.5. The molecule has 1 aliphatic heterocycles. The molecule has 2 aromatic rings. The summed E-state index contributed by atoms with van der Waals surface area (Å²) in [6.07, 6.45) is 5.81. The maximum Gasteiger partial charge on any atom is 0.251 e. The van der Waals surface area contributed by atoms with Crippen molar-refractivity contribution in [1.29, 1.82) is 0 Å². The van der Waals surface area contributed by atoms with Crippen molar-refractivity contribution in [3.05, 3.63) is 59.9 Å². The Kier molecular flexibility index (Phi) is 4.15. The fraction of sp³-hybridized carbons (Fsp3) is 0.294. The number of benzene rings is 1. The summed E-state index contributed by atoms with van der Waals surface area (Å²) in [5.74, 6) is -0.0685. The summed E-state index contributed by atoms with van der Waals surface area (Å²) in [4.78, 5) is 18.3. The van der Waals surface area contributed by atoms with Gasteiger partial charge in [0.2, 0.25) is 0 Å². The van der Waals surface area contributed by atoms with Gasteiger partial charge in [-0.1, -0.05) is 12.1 Å². The van der Waals surface area contributed by atoms with E-state index < -0.39 is 0 Å². The molecule has 2 heterocycles. The zero-order valence-corrected chi connectivity index (χ0v) is 12.0. The molecule has 0 unspecified atom stereocenters. The number of rotatable bonds is 4. The minimum absolute atomic E-state index is 0.0685. The third-order valence-corrected chi connectivity index (χ3v) is 3.80. The summed E-state index contributed by atoms with van der Waals surface area (Å²) in [7, 11) is 0. The Labute approximate surface area is 124 Å². The van der Waals surface area contributed by atoms with Crippen molar-refractivity contribution >= 4 is 11.6 Å². The molecule has 4 nitrogen and oxygen atoms in total. The predicted octanol–water partition coefficient (Wildman–Crippen LogP) is 2.61. The molecular formula is C17H19N3O. The topological polar surface area (TPSA) is 45.2 Å². The quantitative estimate of drug-likeness (QED) is 0.937. The Bertz CT molecular complexity index is 589. The third kappa shape index (κ3) is 3.40. The molecule has 3 rings (SSSR count). The number of carbonyl (C=O) groups is 1. The van der Waals surface area contributed by atoms with Crippen LogP contribution in [0.2, 0.25) is 0 Å². The first kappa shape index (κ1) is 13.6. The minimum Gasteiger partial charge on any atom is -0.372 e. The molecular weight excluding hydrogens is 262 g/mol. The van der Waals surface area contributed by atoms with Crippen molar-refractivity contribution in [1.82, 2.24) is 10.3 Å². The van der Waals surface area contributed by atoms with E-state index in [9.17, 15) is 4.79 Å². The Morgan fingerprint density at radius 1 is 1.05 bits per heavy atom. The fourth-order valence-electron chi connectivity index (χ4n) is 2.59. The number of hydrogen-bond donors (Lipinski definition) is 1. The summed E-state index contributed by atoms with van der Waals surface area (Å²) in [5, 5.41) is 2.92. The van der Waals surface area contributed by atoms with E-state index in [0.29, 0.717) is 12.1 Å². The van der Waals surface area contributed by atoms with Crippen molar-refractivity contribution in [3.63, 3.8) is 0 Å². The van der Waals surface area contributed by atoms with Crippen LogP contribution < -0.4 is 10.2 Å². The summed E-state index contributed by atoms with van der Waals surface area (Å²) in [5.41, 5.74) is 3.02. The zero-order valence-electron chi connectivity index (χ0n) is 12.0. The molecule has 1 fully saturated rings. The lowest BCUT2D eigenvalue weighted by Gasteiger charge is -2.17. The first-order valence-corrected chi connectivity index (χ1v) is 7.35. The molecule has 1 N–H and O–H groups in total. The molecule has 0 atom stereocenters. The minimum atomic E-state index is -0.0685.